The molecule has 5 heterocycles. The second kappa shape index (κ2) is 17.9. The van der Waals surface area contributed by atoms with Crippen LogP contribution in [0.3, 0.4) is 0 Å². The highest BCUT2D eigenvalue weighted by Gasteiger charge is 2.46. The number of imide groups is 2. The van der Waals surface area contributed by atoms with Crippen molar-refractivity contribution in [3.63, 3.8) is 0 Å². The molecule has 58 heavy (non-hydrogen) atoms. The van der Waals surface area contributed by atoms with Crippen LogP contribution in [0.1, 0.15) is 115 Å². The van der Waals surface area contributed by atoms with Crippen molar-refractivity contribution in [3.05, 3.63) is 70.4 Å². The fourth-order valence-electron chi connectivity index (χ4n) is 7.95. The Morgan fingerprint density at radius 2 is 1.72 bits per heavy atom. The van der Waals surface area contributed by atoms with Gasteiger partial charge in [-0.05, 0) is 80.8 Å². The molecule has 308 valence electrons. The molecule has 1 unspecified atom stereocenters. The SMILES string of the molecule is CC(C)c1cnn2c(NCc3ccc(CCCCCCCOc4cccc5c4C(=O)N(C4CCC(=O)NC4=O)C5=O)cc3N(C)C)nc(OC3CCN(C)CC3)nc12. The van der Waals surface area contributed by atoms with Gasteiger partial charge in [-0.25, -0.2) is 0 Å². The second-order valence-corrected chi connectivity index (χ2v) is 16.1. The molecule has 2 N–H and O–H groups in total. The van der Waals surface area contributed by atoms with Crippen molar-refractivity contribution in [2.45, 2.75) is 103 Å². The van der Waals surface area contributed by atoms with E-state index in [0.717, 1.165) is 91.8 Å². The number of hydrogen-bond acceptors (Lipinski definition) is 12. The Morgan fingerprint density at radius 1 is 0.948 bits per heavy atom. The van der Waals surface area contributed by atoms with Gasteiger partial charge in [-0.15, -0.1) is 0 Å². The normalized spacial score (nSPS) is 17.6. The van der Waals surface area contributed by atoms with E-state index in [-0.39, 0.29) is 36.0 Å². The summed E-state index contributed by atoms with van der Waals surface area (Å²) < 4.78 is 14.1. The Morgan fingerprint density at radius 3 is 2.48 bits per heavy atom. The molecule has 4 amide bonds. The average molecular weight is 794 g/mol. The number of rotatable bonds is 17. The minimum absolute atomic E-state index is 0.0755. The van der Waals surface area contributed by atoms with Crippen LogP contribution in [0.4, 0.5) is 11.6 Å². The molecular formula is C43H55N9O6. The Hall–Kier alpha value is -5.57. The largest absolute Gasteiger partial charge is 0.493 e. The van der Waals surface area contributed by atoms with Gasteiger partial charge < -0.3 is 24.6 Å². The summed E-state index contributed by atoms with van der Waals surface area (Å²) in [5.74, 6) is -0.930. The number of piperidine rings is 2. The van der Waals surface area contributed by atoms with Gasteiger partial charge in [0.2, 0.25) is 17.8 Å². The van der Waals surface area contributed by atoms with Crippen molar-refractivity contribution in [3.8, 4) is 11.8 Å². The van der Waals surface area contributed by atoms with Gasteiger partial charge in [0.25, 0.3) is 11.8 Å². The smallest absolute Gasteiger partial charge is 0.322 e. The third kappa shape index (κ3) is 8.94. The number of carbonyl (C=O) groups is 4. The second-order valence-electron chi connectivity index (χ2n) is 16.1. The maximum atomic E-state index is 13.3. The van der Waals surface area contributed by atoms with Crippen LogP contribution in [0.15, 0.2) is 42.6 Å². The lowest BCUT2D eigenvalue weighted by atomic mass is 10.0. The van der Waals surface area contributed by atoms with Crippen LogP contribution in [-0.4, -0.2) is 106 Å². The predicted octanol–water partition coefficient (Wildman–Crippen LogP) is 5.37. The Balaban J connectivity index is 0.889. The van der Waals surface area contributed by atoms with Crippen LogP contribution in [-0.2, 0) is 22.6 Å². The number of hydrogen-bond donors (Lipinski definition) is 2. The van der Waals surface area contributed by atoms with Crippen molar-refractivity contribution >= 4 is 40.9 Å². The van der Waals surface area contributed by atoms with E-state index in [0.29, 0.717) is 30.9 Å². The van der Waals surface area contributed by atoms with E-state index in [1.54, 1.807) is 22.7 Å². The van der Waals surface area contributed by atoms with E-state index in [9.17, 15) is 19.2 Å². The minimum atomic E-state index is -1.01. The monoisotopic (exact) mass is 793 g/mol. The number of nitrogens with zero attached hydrogens (tertiary/aromatic N) is 7. The number of anilines is 2. The number of likely N-dealkylation sites (tertiary alicyclic amines) is 1. The van der Waals surface area contributed by atoms with Gasteiger partial charge in [-0.3, -0.25) is 29.4 Å². The van der Waals surface area contributed by atoms with Crippen molar-refractivity contribution < 1.29 is 28.7 Å². The Kier molecular flexibility index (Phi) is 12.6. The number of nitrogens with one attached hydrogen (secondary N) is 2. The zero-order valence-corrected chi connectivity index (χ0v) is 34.3. The molecule has 0 aliphatic carbocycles. The summed E-state index contributed by atoms with van der Waals surface area (Å²) in [7, 11) is 6.27. The van der Waals surface area contributed by atoms with Crippen LogP contribution >= 0.6 is 0 Å². The molecule has 2 fully saturated rings. The molecule has 2 aromatic heterocycles. The van der Waals surface area contributed by atoms with Crippen LogP contribution < -0.4 is 25.0 Å². The van der Waals surface area contributed by atoms with Gasteiger partial charge in [0.15, 0.2) is 5.65 Å². The molecule has 4 aromatic rings. The van der Waals surface area contributed by atoms with Gasteiger partial charge in [0.1, 0.15) is 17.9 Å². The molecule has 3 aliphatic rings. The Labute approximate surface area is 339 Å². The average Bonchev–Trinajstić information content (AvgIpc) is 3.74. The summed E-state index contributed by atoms with van der Waals surface area (Å²) >= 11 is 0. The third-order valence-corrected chi connectivity index (χ3v) is 11.3. The summed E-state index contributed by atoms with van der Waals surface area (Å²) in [6.45, 7) is 7.23. The first kappa shape index (κ1) is 40.6. The molecule has 2 aromatic carbocycles. The van der Waals surface area contributed by atoms with Gasteiger partial charge in [0, 0.05) is 51.4 Å². The van der Waals surface area contributed by atoms with Gasteiger partial charge in [-0.2, -0.15) is 19.6 Å². The summed E-state index contributed by atoms with van der Waals surface area (Å²) in [6.07, 6.45) is 9.95. The van der Waals surface area contributed by atoms with E-state index < -0.39 is 29.7 Å². The molecule has 0 bridgehead atoms. The van der Waals surface area contributed by atoms with Crippen LogP contribution in [0.25, 0.3) is 5.65 Å². The number of amides is 4. The first-order valence-electron chi connectivity index (χ1n) is 20.6. The summed E-state index contributed by atoms with van der Waals surface area (Å²) in [5.41, 5.74) is 5.80. The van der Waals surface area contributed by atoms with Gasteiger partial charge in [0.05, 0.1) is 23.9 Å². The number of aromatic nitrogens is 4. The number of carbonyl (C=O) groups excluding carboxylic acids is 4. The van der Waals surface area contributed by atoms with Crippen molar-refractivity contribution in [1.29, 1.82) is 0 Å². The quantitative estimate of drug-likeness (QED) is 0.104. The van der Waals surface area contributed by atoms with Gasteiger partial charge >= 0.3 is 6.01 Å². The summed E-state index contributed by atoms with van der Waals surface area (Å²) in [4.78, 5) is 65.5. The van der Waals surface area contributed by atoms with E-state index in [4.69, 9.17) is 19.4 Å². The fraction of sp³-hybridized carbons (Fsp3) is 0.512. The highest BCUT2D eigenvalue weighted by atomic mass is 16.5. The van der Waals surface area contributed by atoms with Crippen LogP contribution in [0.5, 0.6) is 11.8 Å². The summed E-state index contributed by atoms with van der Waals surface area (Å²) in [5, 5.41) is 10.4. The molecule has 0 radical (unpaired) electrons. The van der Waals surface area contributed by atoms with E-state index in [1.165, 1.54) is 5.56 Å². The lowest BCUT2D eigenvalue weighted by molar-refractivity contribution is -0.136. The third-order valence-electron chi connectivity index (χ3n) is 11.3. The van der Waals surface area contributed by atoms with Crippen LogP contribution in [0.2, 0.25) is 0 Å². The molecule has 1 atom stereocenters. The number of aryl methyl sites for hydroxylation is 1. The van der Waals surface area contributed by atoms with E-state index >= 15 is 0 Å². The number of fused-ring (bicyclic) bond motifs is 2. The number of ether oxygens (including phenoxy) is 2. The maximum absolute atomic E-state index is 13.3. The van der Waals surface area contributed by atoms with Crippen LogP contribution in [0, 0.1) is 0 Å². The highest BCUT2D eigenvalue weighted by Crippen LogP contribution is 2.34. The fourth-order valence-corrected chi connectivity index (χ4v) is 7.95. The zero-order valence-electron chi connectivity index (χ0n) is 34.3. The molecule has 3 aliphatic heterocycles. The zero-order chi connectivity index (χ0) is 40.9. The molecule has 2 saturated heterocycles. The molecule has 7 rings (SSSR count). The summed E-state index contributed by atoms with van der Waals surface area (Å²) in [6, 6.07) is 11.0. The number of unbranched alkanes of at least 4 members (excludes halogenated alkanes) is 4. The Bertz CT molecular complexity index is 2160. The molecule has 0 saturated carbocycles. The standard InChI is InChI=1S/C43H55N9O6/c1-27(2)32-26-45-52-38(32)47-43(58-30-19-21-50(5)22-20-30)48-42(52)44-25-29-16-15-28(24-34(29)49(3)4)12-9-7-6-8-10-23-57-35-14-11-13-31-37(35)41(56)51(40(31)55)33-17-18-36(53)46-39(33)54/h11,13-16,24,26-27,30,33H,6-10,12,17-23,25H2,1-5H3,(H,44,47,48)(H,46,53,54). The van der Waals surface area contributed by atoms with Gasteiger partial charge in [-0.1, -0.05) is 51.3 Å². The predicted molar refractivity (Wildman–Crippen MR) is 220 cm³/mol. The molecule has 15 nitrogen and oxygen atoms in total. The van der Waals surface area contributed by atoms with Crippen molar-refractivity contribution in [1.82, 2.24) is 34.7 Å². The van der Waals surface area contributed by atoms with E-state index in [1.807, 2.05) is 6.20 Å². The van der Waals surface area contributed by atoms with Crippen molar-refractivity contribution in [2.75, 3.05) is 51.1 Å². The first-order chi connectivity index (χ1) is 28.0. The van der Waals surface area contributed by atoms with Crippen molar-refractivity contribution in [2.24, 2.45) is 0 Å². The molecular weight excluding hydrogens is 739 g/mol. The lowest BCUT2D eigenvalue weighted by Gasteiger charge is -2.28. The highest BCUT2D eigenvalue weighted by molar-refractivity contribution is 6.24. The molecule has 0 spiro atoms. The number of benzene rings is 2. The maximum Gasteiger partial charge on any atom is 0.322 e. The topological polar surface area (TPSA) is 164 Å². The molecule has 15 heteroatoms. The lowest BCUT2D eigenvalue weighted by Crippen LogP contribution is -2.54. The minimum Gasteiger partial charge on any atom is -0.493 e. The van der Waals surface area contributed by atoms with E-state index in [2.05, 4.69) is 78.7 Å². The first-order valence-corrected chi connectivity index (χ1v) is 20.6.